The van der Waals surface area contributed by atoms with E-state index in [9.17, 15) is 9.59 Å². The molecule has 15 heteroatoms. The standard InChI is InChI=1S/C51H56ClN11O3/c1-33(64)62-23-18-48-45(32-62)50(43-5-3-4-35-24-47(54-29-44(35)43)38-28-56-59(2)31-38)58-63(48)40-16-19-60(20-17-40)30-34-14-21-61(22-15-34)49-13-7-37(27-55-49)51(65)57-39-8-11-41(12-9-39)66-42-10-6-36(26-53)46(52)25-42/h3-7,10,13,24-25,27-29,31,34,39-41H,8-9,11-12,14-23,30,32H2,1-2H3,(H,57,65). The number of amides is 2. The molecular formula is C51H56ClN11O3. The van der Waals surface area contributed by atoms with Crippen molar-refractivity contribution in [3.05, 3.63) is 107 Å². The van der Waals surface area contributed by atoms with Crippen LogP contribution in [0, 0.1) is 17.2 Å². The molecule has 0 atom stereocenters. The van der Waals surface area contributed by atoms with Crippen molar-refractivity contribution in [1.29, 1.82) is 5.26 Å². The number of nitriles is 1. The average Bonchev–Trinajstić information content (AvgIpc) is 3.96. The van der Waals surface area contributed by atoms with Crippen LogP contribution in [0.25, 0.3) is 33.3 Å². The molecule has 1 N–H and O–H groups in total. The number of anilines is 1. The Morgan fingerprint density at radius 3 is 2.44 bits per heavy atom. The molecule has 1 saturated carbocycles. The van der Waals surface area contributed by atoms with Gasteiger partial charge >= 0.3 is 0 Å². The summed E-state index contributed by atoms with van der Waals surface area (Å²) in [4.78, 5) is 42.4. The Kier molecular flexibility index (Phi) is 12.5. The minimum atomic E-state index is -0.0919. The van der Waals surface area contributed by atoms with E-state index in [0.717, 1.165) is 135 Å². The summed E-state index contributed by atoms with van der Waals surface area (Å²) in [5.41, 5.74) is 7.34. The van der Waals surface area contributed by atoms with Crippen molar-refractivity contribution in [2.75, 3.05) is 44.2 Å². The van der Waals surface area contributed by atoms with Crippen LogP contribution in [0.3, 0.4) is 0 Å². The fraction of sp³-hybridized carbons (Fsp3) is 0.431. The molecule has 1 aliphatic carbocycles. The molecule has 2 aromatic carbocycles. The number of aryl methyl sites for hydroxylation is 1. The van der Waals surface area contributed by atoms with Gasteiger partial charge in [-0.1, -0.05) is 29.8 Å². The Morgan fingerprint density at radius 2 is 1.73 bits per heavy atom. The summed E-state index contributed by atoms with van der Waals surface area (Å²) < 4.78 is 10.2. The van der Waals surface area contributed by atoms with E-state index in [-0.39, 0.29) is 24.0 Å². The lowest BCUT2D eigenvalue weighted by atomic mass is 9.92. The van der Waals surface area contributed by atoms with E-state index in [2.05, 4.69) is 55.2 Å². The van der Waals surface area contributed by atoms with Crippen LogP contribution in [0.2, 0.25) is 5.02 Å². The number of piperidine rings is 2. The Bertz CT molecular complexity index is 2770. The predicted molar refractivity (Wildman–Crippen MR) is 254 cm³/mol. The van der Waals surface area contributed by atoms with E-state index in [4.69, 9.17) is 36.7 Å². The molecule has 2 saturated heterocycles. The van der Waals surface area contributed by atoms with Crippen LogP contribution in [0.5, 0.6) is 5.75 Å². The van der Waals surface area contributed by atoms with Gasteiger partial charge in [0, 0.05) is 125 Å². The van der Waals surface area contributed by atoms with Gasteiger partial charge in [-0.2, -0.15) is 15.5 Å². The molecule has 7 heterocycles. The molecule has 4 aromatic heterocycles. The van der Waals surface area contributed by atoms with E-state index < -0.39 is 0 Å². The van der Waals surface area contributed by atoms with Crippen LogP contribution in [-0.2, 0) is 24.8 Å². The monoisotopic (exact) mass is 905 g/mol. The fourth-order valence-corrected chi connectivity index (χ4v) is 10.7. The van der Waals surface area contributed by atoms with Gasteiger partial charge in [-0.3, -0.25) is 23.9 Å². The number of benzene rings is 2. The normalized spacial score (nSPS) is 19.7. The van der Waals surface area contributed by atoms with Crippen molar-refractivity contribution < 1.29 is 14.3 Å². The van der Waals surface area contributed by atoms with Crippen molar-refractivity contribution >= 4 is 40.0 Å². The van der Waals surface area contributed by atoms with Crippen molar-refractivity contribution in [1.82, 2.24) is 44.6 Å². The van der Waals surface area contributed by atoms with Crippen LogP contribution < -0.4 is 15.0 Å². The third-order valence-corrected chi connectivity index (χ3v) is 14.6. The van der Waals surface area contributed by atoms with Gasteiger partial charge in [-0.05, 0) is 93.0 Å². The smallest absolute Gasteiger partial charge is 0.253 e. The van der Waals surface area contributed by atoms with E-state index in [1.165, 1.54) is 5.69 Å². The molecular weight excluding hydrogens is 850 g/mol. The Hall–Kier alpha value is -6.30. The van der Waals surface area contributed by atoms with E-state index in [0.29, 0.717) is 46.9 Å². The second-order valence-corrected chi connectivity index (χ2v) is 19.0. The molecule has 340 valence electrons. The summed E-state index contributed by atoms with van der Waals surface area (Å²) >= 11 is 6.18. The van der Waals surface area contributed by atoms with Gasteiger partial charge in [0.1, 0.15) is 17.6 Å². The highest BCUT2D eigenvalue weighted by atomic mass is 35.5. The number of aromatic nitrogens is 6. The van der Waals surface area contributed by atoms with Crippen LogP contribution in [0.15, 0.2) is 79.4 Å². The maximum atomic E-state index is 13.2. The number of nitrogens with zero attached hydrogens (tertiary/aromatic N) is 10. The van der Waals surface area contributed by atoms with Crippen molar-refractivity contribution in [2.24, 2.45) is 13.0 Å². The van der Waals surface area contributed by atoms with Crippen LogP contribution in [-0.4, -0.2) is 103 Å². The molecule has 0 unspecified atom stereocenters. The lowest BCUT2D eigenvalue weighted by molar-refractivity contribution is -0.129. The summed E-state index contributed by atoms with van der Waals surface area (Å²) in [5.74, 6) is 2.22. The van der Waals surface area contributed by atoms with Crippen molar-refractivity contribution in [2.45, 2.75) is 89.4 Å². The Morgan fingerprint density at radius 1 is 0.909 bits per heavy atom. The number of hydrogen-bond acceptors (Lipinski definition) is 10. The van der Waals surface area contributed by atoms with Gasteiger partial charge in [0.05, 0.1) is 45.9 Å². The second-order valence-electron chi connectivity index (χ2n) is 18.6. The fourth-order valence-electron chi connectivity index (χ4n) is 10.5. The van der Waals surface area contributed by atoms with Gasteiger partial charge in [0.25, 0.3) is 5.91 Å². The number of ether oxygens (including phenoxy) is 1. The predicted octanol–water partition coefficient (Wildman–Crippen LogP) is 8.00. The molecule has 10 rings (SSSR count). The van der Waals surface area contributed by atoms with Gasteiger partial charge in [0.15, 0.2) is 0 Å². The van der Waals surface area contributed by atoms with E-state index >= 15 is 0 Å². The largest absolute Gasteiger partial charge is 0.490 e. The zero-order valence-corrected chi connectivity index (χ0v) is 38.5. The molecule has 4 aliphatic rings. The first-order chi connectivity index (χ1) is 32.1. The lowest BCUT2D eigenvalue weighted by Gasteiger charge is -2.38. The number of carbonyl (C=O) groups excluding carboxylic acids is 2. The molecule has 0 spiro atoms. The van der Waals surface area contributed by atoms with Crippen molar-refractivity contribution in [3.63, 3.8) is 0 Å². The van der Waals surface area contributed by atoms with E-state index in [1.54, 1.807) is 36.0 Å². The quantitative estimate of drug-likeness (QED) is 0.143. The zero-order chi connectivity index (χ0) is 45.3. The van der Waals surface area contributed by atoms with Gasteiger partial charge in [-0.25, -0.2) is 4.98 Å². The van der Waals surface area contributed by atoms with Crippen molar-refractivity contribution in [3.8, 4) is 34.3 Å². The number of nitrogens with one attached hydrogen (secondary N) is 1. The topological polar surface area (TPSA) is 150 Å². The van der Waals surface area contributed by atoms with Crippen LogP contribution in [0.1, 0.15) is 91.5 Å². The minimum absolute atomic E-state index is 0.0463. The molecule has 3 fully saturated rings. The second kappa shape index (κ2) is 18.9. The highest BCUT2D eigenvalue weighted by molar-refractivity contribution is 6.31. The zero-order valence-electron chi connectivity index (χ0n) is 37.7. The first-order valence-electron chi connectivity index (χ1n) is 23.5. The first kappa shape index (κ1) is 43.6. The van der Waals surface area contributed by atoms with E-state index in [1.807, 2.05) is 42.7 Å². The highest BCUT2D eigenvalue weighted by Crippen LogP contribution is 2.38. The third-order valence-electron chi connectivity index (χ3n) is 14.3. The lowest BCUT2D eigenvalue weighted by Crippen LogP contribution is -2.42. The Balaban J connectivity index is 0.713. The molecule has 66 heavy (non-hydrogen) atoms. The Labute approximate surface area is 390 Å². The summed E-state index contributed by atoms with van der Waals surface area (Å²) in [6.45, 7) is 8.03. The molecule has 2 amide bonds. The highest BCUT2D eigenvalue weighted by Gasteiger charge is 2.33. The summed E-state index contributed by atoms with van der Waals surface area (Å²) in [6, 6.07) is 20.0. The SMILES string of the molecule is CC(=O)N1CCc2c(c(-c3cccc4cc(-c5cnn(C)c5)ncc34)nn2C2CCN(CC3CCN(c4ccc(C(=O)NC5CCC(Oc6ccc(C#N)c(Cl)c6)CC5)cn4)CC3)CC2)C1. The third kappa shape index (κ3) is 9.24. The molecule has 6 aromatic rings. The first-order valence-corrected chi connectivity index (χ1v) is 23.9. The average molecular weight is 907 g/mol. The number of rotatable bonds is 10. The molecule has 0 radical (unpaired) electrons. The number of fused-ring (bicyclic) bond motifs is 2. The number of pyridine rings is 2. The number of likely N-dealkylation sites (tertiary alicyclic amines) is 1. The maximum absolute atomic E-state index is 13.2. The van der Waals surface area contributed by atoms with Crippen LogP contribution in [0.4, 0.5) is 5.82 Å². The summed E-state index contributed by atoms with van der Waals surface area (Å²) in [7, 11) is 1.91. The maximum Gasteiger partial charge on any atom is 0.253 e. The van der Waals surface area contributed by atoms with Gasteiger partial charge in [0.2, 0.25) is 5.91 Å². The van der Waals surface area contributed by atoms with Gasteiger partial charge in [-0.15, -0.1) is 0 Å². The number of halogens is 1. The molecule has 0 bridgehead atoms. The summed E-state index contributed by atoms with van der Waals surface area (Å²) in [5, 5.41) is 24.7. The molecule has 3 aliphatic heterocycles. The summed E-state index contributed by atoms with van der Waals surface area (Å²) in [6.07, 6.45) is 16.0. The molecule has 14 nitrogen and oxygen atoms in total. The number of hydrogen-bond donors (Lipinski definition) is 1. The van der Waals surface area contributed by atoms with Gasteiger partial charge < -0.3 is 24.8 Å². The minimum Gasteiger partial charge on any atom is -0.490 e. The number of carbonyl (C=O) groups is 2. The van der Waals surface area contributed by atoms with Crippen LogP contribution >= 0.6 is 11.6 Å².